The van der Waals surface area contributed by atoms with E-state index in [0.717, 1.165) is 19.7 Å². The highest BCUT2D eigenvalue weighted by molar-refractivity contribution is 4.89. The van der Waals surface area contributed by atoms with Crippen LogP contribution in [0, 0.1) is 0 Å². The third-order valence-electron chi connectivity index (χ3n) is 3.64. The summed E-state index contributed by atoms with van der Waals surface area (Å²) in [7, 11) is 2.08. The van der Waals surface area contributed by atoms with Gasteiger partial charge in [0, 0.05) is 0 Å². The lowest BCUT2D eigenvalue weighted by atomic mass is 10.0. The van der Waals surface area contributed by atoms with Crippen LogP contribution in [0.4, 0.5) is 0 Å². The van der Waals surface area contributed by atoms with Gasteiger partial charge in [-0.3, -0.25) is 0 Å². The summed E-state index contributed by atoms with van der Waals surface area (Å²) in [6.45, 7) is 2.06. The van der Waals surface area contributed by atoms with E-state index in [1.54, 1.807) is 0 Å². The maximum atomic E-state index is 9.70. The zero-order valence-corrected chi connectivity index (χ0v) is 7.98. The van der Waals surface area contributed by atoms with Crippen molar-refractivity contribution in [3.05, 3.63) is 0 Å². The molecule has 3 N–H and O–H groups in total. The first-order chi connectivity index (χ1) is 6.52. The normalized spacial score (nSPS) is 54.4. The highest BCUT2D eigenvalue weighted by Gasteiger charge is 2.61. The fourth-order valence-corrected chi connectivity index (χ4v) is 2.87. The Kier molecular flexibility index (Phi) is 1.57. The molecule has 0 saturated carbocycles. The summed E-state index contributed by atoms with van der Waals surface area (Å²) >= 11 is 0. The lowest BCUT2D eigenvalue weighted by molar-refractivity contribution is -0.952. The highest BCUT2D eigenvalue weighted by Crippen LogP contribution is 2.36. The summed E-state index contributed by atoms with van der Waals surface area (Å²) in [4.78, 5) is 0. The van der Waals surface area contributed by atoms with Crippen LogP contribution in [0.2, 0.25) is 0 Å². The molecule has 0 aromatic carbocycles. The topological polar surface area (TPSA) is 70.4 Å². The van der Waals surface area contributed by atoms with Crippen LogP contribution in [0.3, 0.4) is 0 Å². The Morgan fingerprint density at radius 3 is 1.43 bits per heavy atom. The molecule has 0 aliphatic carbocycles. The quantitative estimate of drug-likeness (QED) is 0.417. The third kappa shape index (κ3) is 0.898. The molecular weight excluding hydrogens is 188 g/mol. The number of quaternary nitrogens is 1. The predicted molar refractivity (Wildman–Crippen MR) is 43.0 cm³/mol. The van der Waals surface area contributed by atoms with E-state index in [1.165, 1.54) is 0 Å². The Labute approximate surface area is 81.4 Å². The van der Waals surface area contributed by atoms with Crippen molar-refractivity contribution in [1.82, 2.24) is 15.2 Å². The molecule has 0 atom stereocenters. The number of rotatable bonds is 0. The molecule has 4 saturated heterocycles. The molecule has 0 unspecified atom stereocenters. The van der Waals surface area contributed by atoms with Crippen LogP contribution in [0.25, 0.3) is 0 Å². The molecule has 4 aliphatic rings. The Morgan fingerprint density at radius 1 is 0.857 bits per heavy atom. The molecule has 7 nitrogen and oxygen atoms in total. The Morgan fingerprint density at radius 2 is 1.14 bits per heavy atom. The van der Waals surface area contributed by atoms with E-state index >= 15 is 0 Å². The lowest BCUT2D eigenvalue weighted by Crippen LogP contribution is -2.86. The standard InChI is InChI=1S/C7H15N4O3/c1-11-2-5-8(12)6(3-11)10(14)7(4-11)9(5)13/h5-7,12-14H,2-4H2,1H3/q+1. The molecule has 0 amide bonds. The summed E-state index contributed by atoms with van der Waals surface area (Å²) in [5.41, 5.74) is 0. The average molecular weight is 203 g/mol. The van der Waals surface area contributed by atoms with E-state index in [9.17, 15) is 15.6 Å². The van der Waals surface area contributed by atoms with Crippen LogP contribution < -0.4 is 0 Å². The monoisotopic (exact) mass is 203 g/mol. The van der Waals surface area contributed by atoms with Crippen molar-refractivity contribution in [2.75, 3.05) is 26.7 Å². The first-order valence-electron chi connectivity index (χ1n) is 4.77. The van der Waals surface area contributed by atoms with Gasteiger partial charge in [-0.25, -0.2) is 0 Å². The van der Waals surface area contributed by atoms with Gasteiger partial charge in [-0.15, -0.1) is 15.2 Å². The van der Waals surface area contributed by atoms with Gasteiger partial charge in [-0.05, 0) is 0 Å². The fraction of sp³-hybridized carbons (Fsp3) is 1.00. The van der Waals surface area contributed by atoms with E-state index in [2.05, 4.69) is 7.05 Å². The van der Waals surface area contributed by atoms with Crippen LogP contribution in [-0.2, 0) is 0 Å². The predicted octanol–water partition coefficient (Wildman–Crippen LogP) is -1.47. The van der Waals surface area contributed by atoms with E-state index in [1.807, 2.05) is 0 Å². The second-order valence-electron chi connectivity index (χ2n) is 4.75. The number of piperazine rings is 3. The number of hydroxylamine groups is 6. The van der Waals surface area contributed by atoms with Crippen LogP contribution in [-0.4, -0.2) is 80.5 Å². The third-order valence-corrected chi connectivity index (χ3v) is 3.64. The summed E-state index contributed by atoms with van der Waals surface area (Å²) in [6.07, 6.45) is -1.16. The minimum absolute atomic E-state index is 0.388. The van der Waals surface area contributed by atoms with Gasteiger partial charge >= 0.3 is 0 Å². The van der Waals surface area contributed by atoms with Gasteiger partial charge in [-0.2, -0.15) is 0 Å². The molecule has 7 heteroatoms. The van der Waals surface area contributed by atoms with E-state index < -0.39 is 0 Å². The molecular formula is C7H15N4O3+. The SMILES string of the molecule is C[N+]12CC3N(O)C(C1)N(O)C(C2)N3O. The molecule has 0 spiro atoms. The zero-order valence-electron chi connectivity index (χ0n) is 7.98. The van der Waals surface area contributed by atoms with Crippen molar-refractivity contribution in [2.45, 2.75) is 18.5 Å². The van der Waals surface area contributed by atoms with Gasteiger partial charge in [0.15, 0.2) is 18.5 Å². The van der Waals surface area contributed by atoms with Crippen molar-refractivity contribution >= 4 is 0 Å². The second kappa shape index (κ2) is 2.45. The molecule has 14 heavy (non-hydrogen) atoms. The summed E-state index contributed by atoms with van der Waals surface area (Å²) in [5, 5.41) is 32.2. The summed E-state index contributed by atoms with van der Waals surface area (Å²) in [5.74, 6) is 0. The molecule has 4 aliphatic heterocycles. The second-order valence-corrected chi connectivity index (χ2v) is 4.75. The van der Waals surface area contributed by atoms with Crippen molar-refractivity contribution < 1.29 is 20.1 Å². The van der Waals surface area contributed by atoms with Gasteiger partial charge in [0.05, 0.1) is 7.05 Å². The number of likely N-dealkylation sites (N-methyl/N-ethyl adjacent to an activating group) is 1. The Balaban J connectivity index is 2.00. The first kappa shape index (κ1) is 8.98. The van der Waals surface area contributed by atoms with Crippen molar-refractivity contribution in [3.63, 3.8) is 0 Å². The highest BCUT2D eigenvalue weighted by atomic mass is 16.6. The fourth-order valence-electron chi connectivity index (χ4n) is 2.87. The largest absolute Gasteiger partial charge is 0.318 e. The minimum atomic E-state index is -0.388. The Bertz CT molecular complexity index is 223. The molecule has 4 fully saturated rings. The number of nitrogens with zero attached hydrogens (tertiary/aromatic N) is 4. The average Bonchev–Trinajstić information content (AvgIpc) is 2.14. The van der Waals surface area contributed by atoms with Gasteiger partial charge in [0.25, 0.3) is 0 Å². The summed E-state index contributed by atoms with van der Waals surface area (Å²) in [6, 6.07) is 0. The van der Waals surface area contributed by atoms with Gasteiger partial charge in [0.1, 0.15) is 19.6 Å². The maximum absolute atomic E-state index is 9.70. The molecule has 4 rings (SSSR count). The van der Waals surface area contributed by atoms with Crippen LogP contribution >= 0.6 is 0 Å². The zero-order chi connectivity index (χ0) is 10.1. The Hall–Kier alpha value is -0.280. The molecule has 80 valence electrons. The first-order valence-corrected chi connectivity index (χ1v) is 4.77. The van der Waals surface area contributed by atoms with Crippen LogP contribution in [0.15, 0.2) is 0 Å². The van der Waals surface area contributed by atoms with E-state index in [4.69, 9.17) is 0 Å². The van der Waals surface area contributed by atoms with Crippen molar-refractivity contribution in [1.29, 1.82) is 0 Å². The number of hydrogen-bond donors (Lipinski definition) is 3. The van der Waals surface area contributed by atoms with E-state index in [0.29, 0.717) is 19.6 Å². The molecule has 4 heterocycles. The molecule has 0 radical (unpaired) electrons. The van der Waals surface area contributed by atoms with Crippen LogP contribution in [0.1, 0.15) is 0 Å². The smallest absolute Gasteiger partial charge is 0.163 e. The summed E-state index contributed by atoms with van der Waals surface area (Å²) < 4.78 is 0.797. The van der Waals surface area contributed by atoms with Gasteiger partial charge < -0.3 is 20.1 Å². The maximum Gasteiger partial charge on any atom is 0.163 e. The molecule has 0 aromatic rings. The van der Waals surface area contributed by atoms with Crippen molar-refractivity contribution in [2.24, 2.45) is 0 Å². The van der Waals surface area contributed by atoms with Crippen LogP contribution in [0.5, 0.6) is 0 Å². The van der Waals surface area contributed by atoms with Crippen molar-refractivity contribution in [3.8, 4) is 0 Å². The molecule has 0 aromatic heterocycles. The van der Waals surface area contributed by atoms with Gasteiger partial charge in [-0.1, -0.05) is 0 Å². The number of hydrogen-bond acceptors (Lipinski definition) is 6. The minimum Gasteiger partial charge on any atom is -0.318 e. The van der Waals surface area contributed by atoms with Gasteiger partial charge in [0.2, 0.25) is 0 Å². The van der Waals surface area contributed by atoms with E-state index in [-0.39, 0.29) is 18.5 Å². The molecule has 4 bridgehead atoms. The lowest BCUT2D eigenvalue weighted by Gasteiger charge is -2.62.